The molecular formula is C18H18N2O2S. The Hall–Kier alpha value is -1.85. The molecule has 0 radical (unpaired) electrons. The number of carbonyl (C=O) groups is 1. The Morgan fingerprint density at radius 2 is 2.13 bits per heavy atom. The van der Waals surface area contributed by atoms with Crippen molar-refractivity contribution in [1.29, 1.82) is 0 Å². The lowest BCUT2D eigenvalue weighted by molar-refractivity contribution is -0.119. The second-order valence-corrected chi connectivity index (χ2v) is 7.79. The molecule has 5 heteroatoms. The van der Waals surface area contributed by atoms with Gasteiger partial charge < -0.3 is 9.87 Å². The Morgan fingerprint density at radius 1 is 1.35 bits per heavy atom. The lowest BCUT2D eigenvalue weighted by Crippen LogP contribution is -2.30. The van der Waals surface area contributed by atoms with Gasteiger partial charge in [0.1, 0.15) is 12.0 Å². The number of hydrogen-bond donors (Lipinski definition) is 1. The molecule has 1 aliphatic carbocycles. The molecule has 4 nitrogen and oxygen atoms in total. The number of hydrogen-bond acceptors (Lipinski definition) is 4. The largest absolute Gasteiger partial charge is 0.612 e. The van der Waals surface area contributed by atoms with Gasteiger partial charge in [0.05, 0.1) is 11.5 Å². The second-order valence-electron chi connectivity index (χ2n) is 6.41. The van der Waals surface area contributed by atoms with E-state index in [0.717, 1.165) is 22.6 Å². The highest BCUT2D eigenvalue weighted by atomic mass is 32.2. The summed E-state index contributed by atoms with van der Waals surface area (Å²) in [4.78, 5) is 17.2. The molecule has 3 aliphatic rings. The zero-order valence-corrected chi connectivity index (χ0v) is 13.7. The predicted molar refractivity (Wildman–Crippen MR) is 90.6 cm³/mol. The van der Waals surface area contributed by atoms with E-state index in [2.05, 4.69) is 10.3 Å². The van der Waals surface area contributed by atoms with Crippen molar-refractivity contribution >= 4 is 23.2 Å². The van der Waals surface area contributed by atoms with E-state index < -0.39 is 11.2 Å². The molecule has 1 spiro atoms. The molecular weight excluding hydrogens is 308 g/mol. The molecule has 2 heterocycles. The fourth-order valence-corrected chi connectivity index (χ4v) is 4.29. The van der Waals surface area contributed by atoms with Gasteiger partial charge in [-0.15, -0.1) is 0 Å². The summed E-state index contributed by atoms with van der Waals surface area (Å²) in [7, 11) is 0. The summed E-state index contributed by atoms with van der Waals surface area (Å²) in [5.74, 6) is 0.256. The number of nitrogens with zero attached hydrogens (tertiary/aromatic N) is 1. The number of ketones is 1. The molecule has 3 unspecified atom stereocenters. The van der Waals surface area contributed by atoms with E-state index in [1.54, 1.807) is 12.5 Å². The van der Waals surface area contributed by atoms with E-state index in [-0.39, 0.29) is 17.2 Å². The maximum Gasteiger partial charge on any atom is 0.152 e. The summed E-state index contributed by atoms with van der Waals surface area (Å²) in [5, 5.41) is 3.53. The Kier molecular flexibility index (Phi) is 3.43. The van der Waals surface area contributed by atoms with Crippen LogP contribution in [0.2, 0.25) is 0 Å². The van der Waals surface area contributed by atoms with Gasteiger partial charge in [0.2, 0.25) is 0 Å². The molecule has 1 aromatic rings. The van der Waals surface area contributed by atoms with Crippen molar-refractivity contribution in [2.45, 2.75) is 30.2 Å². The Labute approximate surface area is 138 Å². The van der Waals surface area contributed by atoms with Crippen molar-refractivity contribution in [2.75, 3.05) is 6.26 Å². The van der Waals surface area contributed by atoms with Gasteiger partial charge in [0, 0.05) is 31.0 Å². The highest BCUT2D eigenvalue weighted by Crippen LogP contribution is 2.48. The van der Waals surface area contributed by atoms with Crippen molar-refractivity contribution in [3.63, 3.8) is 0 Å². The molecule has 1 aromatic carbocycles. The monoisotopic (exact) mass is 326 g/mol. The number of allylic oxidation sites excluding steroid dienone is 2. The minimum atomic E-state index is -0.960. The van der Waals surface area contributed by atoms with Crippen molar-refractivity contribution < 1.29 is 9.35 Å². The third kappa shape index (κ3) is 2.44. The first kappa shape index (κ1) is 14.7. The number of carbonyl (C=O) groups excluding carboxylic acids is 1. The molecule has 4 rings (SSSR count). The third-order valence-corrected chi connectivity index (χ3v) is 5.86. The lowest BCUT2D eigenvalue weighted by Gasteiger charge is -2.30. The number of aliphatic imine (C=N–C) groups is 1. The summed E-state index contributed by atoms with van der Waals surface area (Å²) in [6.45, 7) is 0. The molecule has 23 heavy (non-hydrogen) atoms. The van der Waals surface area contributed by atoms with E-state index in [4.69, 9.17) is 0 Å². The number of nitrogens with one attached hydrogen (secondary N) is 1. The molecule has 0 aromatic heterocycles. The van der Waals surface area contributed by atoms with Crippen molar-refractivity contribution in [1.82, 2.24) is 5.32 Å². The molecule has 0 amide bonds. The van der Waals surface area contributed by atoms with Crippen LogP contribution in [0.3, 0.4) is 0 Å². The van der Waals surface area contributed by atoms with Gasteiger partial charge in [-0.05, 0) is 40.9 Å². The van der Waals surface area contributed by atoms with Crippen LogP contribution >= 0.6 is 0 Å². The first-order valence-corrected chi connectivity index (χ1v) is 9.29. The van der Waals surface area contributed by atoms with Gasteiger partial charge in [-0.2, -0.15) is 0 Å². The second kappa shape index (κ2) is 5.35. The molecule has 1 N–H and O–H groups in total. The van der Waals surface area contributed by atoms with Crippen LogP contribution < -0.4 is 5.32 Å². The molecule has 0 saturated carbocycles. The van der Waals surface area contributed by atoms with Crippen molar-refractivity contribution in [3.05, 3.63) is 53.4 Å². The first-order valence-electron chi connectivity index (χ1n) is 7.73. The number of Topliss-reactive ketones (excluding diaryl/α,β-unsaturated/α-hetero) is 1. The lowest BCUT2D eigenvalue weighted by atomic mass is 9.71. The fraction of sp³-hybridized carbons (Fsp3) is 0.333. The standard InChI is InChI=1S/C18H18N2O2S/c1-23(22)14-4-2-12(3-5-14)16-9-15-17(20-16)8-13(21)10-18(15)6-7-19-11-18/h2-7,11,16,20H,8-10H2,1H3. The topological polar surface area (TPSA) is 64.5 Å². The van der Waals surface area contributed by atoms with Crippen LogP contribution in [0.25, 0.3) is 0 Å². The van der Waals surface area contributed by atoms with Gasteiger partial charge in [-0.3, -0.25) is 9.79 Å². The Balaban J connectivity index is 1.61. The van der Waals surface area contributed by atoms with Crippen LogP contribution in [0.4, 0.5) is 0 Å². The zero-order chi connectivity index (χ0) is 16.0. The van der Waals surface area contributed by atoms with Crippen LogP contribution in [-0.2, 0) is 16.0 Å². The predicted octanol–water partition coefficient (Wildman–Crippen LogP) is 2.66. The van der Waals surface area contributed by atoms with E-state index in [9.17, 15) is 9.35 Å². The van der Waals surface area contributed by atoms with Gasteiger partial charge in [0.15, 0.2) is 4.90 Å². The maximum atomic E-state index is 12.1. The molecule has 0 bridgehead atoms. The van der Waals surface area contributed by atoms with Crippen LogP contribution in [0.1, 0.15) is 30.9 Å². The third-order valence-electron chi connectivity index (χ3n) is 4.92. The van der Waals surface area contributed by atoms with E-state index >= 15 is 0 Å². The summed E-state index contributed by atoms with van der Waals surface area (Å²) >= 11 is -0.960. The Morgan fingerprint density at radius 3 is 2.78 bits per heavy atom. The smallest absolute Gasteiger partial charge is 0.152 e. The zero-order valence-electron chi connectivity index (χ0n) is 12.9. The average molecular weight is 326 g/mol. The summed E-state index contributed by atoms with van der Waals surface area (Å²) in [6, 6.07) is 8.06. The van der Waals surface area contributed by atoms with E-state index in [0.29, 0.717) is 12.8 Å². The molecule has 2 aliphatic heterocycles. The normalized spacial score (nSPS) is 30.0. The highest BCUT2D eigenvalue weighted by molar-refractivity contribution is 7.90. The molecule has 118 valence electrons. The maximum absolute atomic E-state index is 12.1. The summed E-state index contributed by atoms with van der Waals surface area (Å²) in [5.41, 5.74) is 3.21. The average Bonchev–Trinajstić information content (AvgIpc) is 3.15. The van der Waals surface area contributed by atoms with E-state index in [1.165, 1.54) is 5.57 Å². The first-order chi connectivity index (χ1) is 11.1. The van der Waals surface area contributed by atoms with Gasteiger partial charge in [-0.1, -0.05) is 18.2 Å². The molecule has 0 fully saturated rings. The fourth-order valence-electron chi connectivity index (χ4n) is 3.77. The van der Waals surface area contributed by atoms with Crippen LogP contribution in [0.15, 0.2) is 57.7 Å². The molecule has 3 atom stereocenters. The number of benzene rings is 1. The quantitative estimate of drug-likeness (QED) is 0.850. The SMILES string of the molecule is C[S+]([O-])c1ccc(C2CC3=C(CC(=O)CC34C=CN=C4)N2)cc1. The number of rotatable bonds is 2. The van der Waals surface area contributed by atoms with Crippen LogP contribution in [-0.4, -0.2) is 22.8 Å². The minimum Gasteiger partial charge on any atom is -0.612 e. The summed E-state index contributed by atoms with van der Waals surface area (Å²) < 4.78 is 11.5. The summed E-state index contributed by atoms with van der Waals surface area (Å²) in [6.07, 6.45) is 9.33. The molecule has 0 saturated heterocycles. The van der Waals surface area contributed by atoms with Gasteiger partial charge in [0.25, 0.3) is 0 Å². The van der Waals surface area contributed by atoms with Crippen molar-refractivity contribution in [3.8, 4) is 0 Å². The van der Waals surface area contributed by atoms with Crippen molar-refractivity contribution in [2.24, 2.45) is 10.4 Å². The van der Waals surface area contributed by atoms with E-state index in [1.807, 2.05) is 36.6 Å². The minimum absolute atomic E-state index is 0.171. The van der Waals surface area contributed by atoms with Gasteiger partial charge >= 0.3 is 0 Å². The number of fused-ring (bicyclic) bond motifs is 1. The Bertz CT molecular complexity index is 735. The van der Waals surface area contributed by atoms with Crippen LogP contribution in [0.5, 0.6) is 0 Å². The highest BCUT2D eigenvalue weighted by Gasteiger charge is 2.44. The van der Waals surface area contributed by atoms with Crippen LogP contribution in [0, 0.1) is 5.41 Å². The van der Waals surface area contributed by atoms with Gasteiger partial charge in [-0.25, -0.2) is 0 Å².